The summed E-state index contributed by atoms with van der Waals surface area (Å²) in [5.41, 5.74) is 4.74. The van der Waals surface area contributed by atoms with E-state index in [9.17, 15) is 4.79 Å². The number of H-pyrrole nitrogens is 1. The maximum atomic E-state index is 12.2. The molecule has 1 atom stereocenters. The molecule has 134 valence electrons. The molecule has 3 aromatic rings. The Kier molecular flexibility index (Phi) is 4.79. The quantitative estimate of drug-likeness (QED) is 0.722. The van der Waals surface area contributed by atoms with Crippen molar-refractivity contribution in [1.82, 2.24) is 15.3 Å². The summed E-state index contributed by atoms with van der Waals surface area (Å²) < 4.78 is 0. The molecule has 0 spiro atoms. The second-order valence-electron chi connectivity index (χ2n) is 7.01. The van der Waals surface area contributed by atoms with Gasteiger partial charge in [0.15, 0.2) is 0 Å². The number of nitrogens with zero attached hydrogens (tertiary/aromatic N) is 1. The van der Waals surface area contributed by atoms with Crippen molar-refractivity contribution in [1.29, 1.82) is 0 Å². The molecule has 0 fully saturated rings. The summed E-state index contributed by atoms with van der Waals surface area (Å²) in [6.45, 7) is 2.64. The van der Waals surface area contributed by atoms with Gasteiger partial charge in [-0.2, -0.15) is 0 Å². The fourth-order valence-electron chi connectivity index (χ4n) is 3.64. The Morgan fingerprint density at radius 1 is 1.15 bits per heavy atom. The fraction of sp³-hybridized carbons (Fsp3) is 0.333. The van der Waals surface area contributed by atoms with E-state index in [0.29, 0.717) is 28.3 Å². The summed E-state index contributed by atoms with van der Waals surface area (Å²) in [6.07, 6.45) is 4.95. The number of rotatable bonds is 4. The Bertz CT molecular complexity index is 1010. The second-order valence-corrected chi connectivity index (χ2v) is 7.45. The van der Waals surface area contributed by atoms with Crippen LogP contribution in [0.1, 0.15) is 48.3 Å². The highest BCUT2D eigenvalue weighted by Crippen LogP contribution is 2.25. The number of hydrogen-bond donors (Lipinski definition) is 2. The van der Waals surface area contributed by atoms with Crippen molar-refractivity contribution in [2.45, 2.75) is 45.2 Å². The van der Waals surface area contributed by atoms with Crippen molar-refractivity contribution in [2.24, 2.45) is 0 Å². The van der Waals surface area contributed by atoms with E-state index in [-0.39, 0.29) is 11.6 Å². The van der Waals surface area contributed by atoms with E-state index in [1.54, 1.807) is 18.2 Å². The highest BCUT2D eigenvalue weighted by molar-refractivity contribution is 6.31. The second kappa shape index (κ2) is 7.22. The molecule has 0 saturated heterocycles. The van der Waals surface area contributed by atoms with Gasteiger partial charge in [-0.25, -0.2) is 4.98 Å². The normalized spacial score (nSPS) is 15.0. The number of nitrogens with one attached hydrogen (secondary N) is 2. The molecule has 0 amide bonds. The van der Waals surface area contributed by atoms with E-state index in [1.165, 1.54) is 42.4 Å². The number of aryl methyl sites for hydroxylation is 2. The Labute approximate surface area is 157 Å². The van der Waals surface area contributed by atoms with Gasteiger partial charge in [0, 0.05) is 11.1 Å². The lowest BCUT2D eigenvalue weighted by atomic mass is 9.89. The van der Waals surface area contributed by atoms with Crippen molar-refractivity contribution < 1.29 is 0 Å². The standard InChI is InChI=1S/C21H22ClN3O/c1-13(15-7-6-14-4-2-3-5-16(14)10-15)23-12-20-24-19-11-17(22)8-9-18(19)21(26)25-20/h6-11,13,23H,2-5,12H2,1H3,(H,24,25,26). The molecule has 2 N–H and O–H groups in total. The Balaban J connectivity index is 1.51. The van der Waals surface area contributed by atoms with E-state index >= 15 is 0 Å². The van der Waals surface area contributed by atoms with Gasteiger partial charge < -0.3 is 10.3 Å². The molecule has 1 unspecified atom stereocenters. The largest absolute Gasteiger partial charge is 0.309 e. The van der Waals surface area contributed by atoms with Crippen molar-refractivity contribution in [3.8, 4) is 0 Å². The van der Waals surface area contributed by atoms with E-state index < -0.39 is 0 Å². The lowest BCUT2D eigenvalue weighted by Crippen LogP contribution is -2.22. The third kappa shape index (κ3) is 3.53. The molecule has 1 aromatic heterocycles. The van der Waals surface area contributed by atoms with Crippen LogP contribution in [0.25, 0.3) is 10.9 Å². The Morgan fingerprint density at radius 3 is 2.81 bits per heavy atom. The van der Waals surface area contributed by atoms with Crippen molar-refractivity contribution >= 4 is 22.5 Å². The fourth-order valence-corrected chi connectivity index (χ4v) is 3.80. The van der Waals surface area contributed by atoms with Crippen LogP contribution in [0.5, 0.6) is 0 Å². The van der Waals surface area contributed by atoms with E-state index in [0.717, 1.165) is 0 Å². The predicted octanol–water partition coefficient (Wildman–Crippen LogP) is 4.31. The third-order valence-corrected chi connectivity index (χ3v) is 5.40. The first-order valence-electron chi connectivity index (χ1n) is 9.14. The minimum atomic E-state index is -0.134. The highest BCUT2D eigenvalue weighted by atomic mass is 35.5. The van der Waals surface area contributed by atoms with Gasteiger partial charge in [0.25, 0.3) is 5.56 Å². The van der Waals surface area contributed by atoms with Crippen LogP contribution in [0.2, 0.25) is 5.02 Å². The molecule has 0 saturated carbocycles. The van der Waals surface area contributed by atoms with Crippen LogP contribution < -0.4 is 10.9 Å². The molecule has 1 aliphatic rings. The topological polar surface area (TPSA) is 57.8 Å². The van der Waals surface area contributed by atoms with Gasteiger partial charge in [-0.1, -0.05) is 29.8 Å². The lowest BCUT2D eigenvalue weighted by molar-refractivity contribution is 0.557. The maximum absolute atomic E-state index is 12.2. The van der Waals surface area contributed by atoms with Gasteiger partial charge in [0.1, 0.15) is 5.82 Å². The number of aromatic nitrogens is 2. The first-order valence-corrected chi connectivity index (χ1v) is 9.51. The van der Waals surface area contributed by atoms with Crippen LogP contribution in [0.15, 0.2) is 41.2 Å². The molecule has 1 aliphatic carbocycles. The van der Waals surface area contributed by atoms with Crippen LogP contribution >= 0.6 is 11.6 Å². The van der Waals surface area contributed by atoms with Crippen LogP contribution in [0.4, 0.5) is 0 Å². The zero-order chi connectivity index (χ0) is 18.1. The summed E-state index contributed by atoms with van der Waals surface area (Å²) in [4.78, 5) is 19.6. The van der Waals surface area contributed by atoms with Gasteiger partial charge in [-0.3, -0.25) is 4.79 Å². The molecule has 0 bridgehead atoms. The molecular weight excluding hydrogens is 346 g/mol. The maximum Gasteiger partial charge on any atom is 0.258 e. The molecule has 4 nitrogen and oxygen atoms in total. The van der Waals surface area contributed by atoms with Crippen LogP contribution in [-0.2, 0) is 19.4 Å². The third-order valence-electron chi connectivity index (χ3n) is 5.17. The highest BCUT2D eigenvalue weighted by Gasteiger charge is 2.13. The minimum Gasteiger partial charge on any atom is -0.309 e. The van der Waals surface area contributed by atoms with Crippen LogP contribution in [-0.4, -0.2) is 9.97 Å². The lowest BCUT2D eigenvalue weighted by Gasteiger charge is -2.20. The molecule has 0 radical (unpaired) electrons. The zero-order valence-electron chi connectivity index (χ0n) is 14.8. The van der Waals surface area contributed by atoms with Crippen molar-refractivity contribution in [3.05, 3.63) is 74.3 Å². The average molecular weight is 368 g/mol. The number of fused-ring (bicyclic) bond motifs is 2. The number of hydrogen-bond acceptors (Lipinski definition) is 3. The van der Waals surface area contributed by atoms with Crippen molar-refractivity contribution in [2.75, 3.05) is 0 Å². The molecule has 4 rings (SSSR count). The molecule has 26 heavy (non-hydrogen) atoms. The monoisotopic (exact) mass is 367 g/mol. The number of benzene rings is 2. The SMILES string of the molecule is CC(NCc1nc2cc(Cl)ccc2c(=O)[nH]1)c1ccc2c(c1)CCCC2. The van der Waals surface area contributed by atoms with Gasteiger partial charge in [-0.05, 0) is 67.5 Å². The Morgan fingerprint density at radius 2 is 1.96 bits per heavy atom. The van der Waals surface area contributed by atoms with Gasteiger partial charge in [-0.15, -0.1) is 0 Å². The first-order chi connectivity index (χ1) is 12.6. The molecule has 0 aliphatic heterocycles. The van der Waals surface area contributed by atoms with Crippen LogP contribution in [0.3, 0.4) is 0 Å². The minimum absolute atomic E-state index is 0.134. The molecule has 5 heteroatoms. The molecule has 2 aromatic carbocycles. The summed E-state index contributed by atoms with van der Waals surface area (Å²) in [5, 5.41) is 4.60. The summed E-state index contributed by atoms with van der Waals surface area (Å²) in [7, 11) is 0. The molecular formula is C21H22ClN3O. The predicted molar refractivity (Wildman–Crippen MR) is 106 cm³/mol. The average Bonchev–Trinajstić information content (AvgIpc) is 2.65. The number of aromatic amines is 1. The molecule has 1 heterocycles. The van der Waals surface area contributed by atoms with Crippen LogP contribution in [0, 0.1) is 0 Å². The smallest absolute Gasteiger partial charge is 0.258 e. The van der Waals surface area contributed by atoms with Gasteiger partial charge in [0.05, 0.1) is 17.4 Å². The Hall–Kier alpha value is -2.17. The van der Waals surface area contributed by atoms with E-state index in [2.05, 4.69) is 40.4 Å². The van der Waals surface area contributed by atoms with E-state index in [4.69, 9.17) is 11.6 Å². The van der Waals surface area contributed by atoms with Gasteiger partial charge in [0.2, 0.25) is 0 Å². The summed E-state index contributed by atoms with van der Waals surface area (Å²) in [6, 6.07) is 12.1. The first kappa shape index (κ1) is 17.3. The van der Waals surface area contributed by atoms with E-state index in [1.807, 2.05) is 0 Å². The van der Waals surface area contributed by atoms with Gasteiger partial charge >= 0.3 is 0 Å². The zero-order valence-corrected chi connectivity index (χ0v) is 15.6. The summed E-state index contributed by atoms with van der Waals surface area (Å²) in [5.74, 6) is 0.620. The van der Waals surface area contributed by atoms with Crippen molar-refractivity contribution in [3.63, 3.8) is 0 Å². The summed E-state index contributed by atoms with van der Waals surface area (Å²) >= 11 is 6.02. The number of halogens is 1.